The molecule has 1 heterocycles. The van der Waals surface area contributed by atoms with Gasteiger partial charge in [0.05, 0.1) is 18.8 Å². The molecule has 0 radical (unpaired) electrons. The molecule has 1 aromatic rings. The highest BCUT2D eigenvalue weighted by atomic mass is 16.7. The van der Waals surface area contributed by atoms with Gasteiger partial charge in [-0.3, -0.25) is 0 Å². The first-order chi connectivity index (χ1) is 8.58. The van der Waals surface area contributed by atoms with Gasteiger partial charge >= 0.3 is 6.09 Å². The normalized spacial score (nSPS) is 17.2. The largest absolute Gasteiger partial charge is 0.467 e. The summed E-state index contributed by atoms with van der Waals surface area (Å²) in [5, 5.41) is 20.9. The minimum absolute atomic E-state index is 0.190. The standard InChI is InChI=1S/C12H15NO5/c1-7(13-12(15)16)11(14)8-2-3-9-5-17-6-18-10(9)4-8/h2-4,7,11,13-14H,5-6H2,1H3,(H,15,16)/t7-,11-/m0/s1. The minimum atomic E-state index is -1.16. The number of carboxylic acid groups (broad SMARTS) is 1. The molecule has 0 saturated heterocycles. The second-order valence-corrected chi connectivity index (χ2v) is 4.16. The van der Waals surface area contributed by atoms with Crippen molar-refractivity contribution in [1.82, 2.24) is 5.32 Å². The number of nitrogens with one attached hydrogen (secondary N) is 1. The van der Waals surface area contributed by atoms with Crippen LogP contribution in [-0.4, -0.2) is 29.1 Å². The predicted octanol–water partition coefficient (Wildman–Crippen LogP) is 1.24. The van der Waals surface area contributed by atoms with Gasteiger partial charge in [0.15, 0.2) is 6.79 Å². The van der Waals surface area contributed by atoms with E-state index in [0.717, 1.165) is 5.56 Å². The monoisotopic (exact) mass is 253 g/mol. The van der Waals surface area contributed by atoms with Crippen LogP contribution >= 0.6 is 0 Å². The van der Waals surface area contributed by atoms with E-state index < -0.39 is 18.2 Å². The molecule has 18 heavy (non-hydrogen) atoms. The van der Waals surface area contributed by atoms with Crippen LogP contribution in [0.2, 0.25) is 0 Å². The molecular weight excluding hydrogens is 238 g/mol. The van der Waals surface area contributed by atoms with Crippen LogP contribution < -0.4 is 10.1 Å². The van der Waals surface area contributed by atoms with Crippen LogP contribution in [0.4, 0.5) is 4.79 Å². The summed E-state index contributed by atoms with van der Waals surface area (Å²) in [6.45, 7) is 2.27. The molecule has 0 fully saturated rings. The number of aliphatic hydroxyl groups is 1. The van der Waals surface area contributed by atoms with Crippen molar-refractivity contribution in [1.29, 1.82) is 0 Å². The SMILES string of the molecule is C[C@H](NC(=O)O)[C@H](O)c1ccc2c(c1)OCOC2. The Kier molecular flexibility index (Phi) is 3.69. The Labute approximate surface area is 104 Å². The van der Waals surface area contributed by atoms with Crippen LogP contribution in [0.15, 0.2) is 18.2 Å². The van der Waals surface area contributed by atoms with Crippen molar-refractivity contribution in [2.24, 2.45) is 0 Å². The lowest BCUT2D eigenvalue weighted by Crippen LogP contribution is -2.36. The van der Waals surface area contributed by atoms with E-state index in [-0.39, 0.29) is 6.79 Å². The first-order valence-corrected chi connectivity index (χ1v) is 5.59. The summed E-state index contributed by atoms with van der Waals surface area (Å²) in [5.41, 5.74) is 1.52. The average Bonchev–Trinajstić information content (AvgIpc) is 2.36. The minimum Gasteiger partial charge on any atom is -0.467 e. The molecular formula is C12H15NO5. The molecule has 6 nitrogen and oxygen atoms in total. The highest BCUT2D eigenvalue weighted by molar-refractivity contribution is 5.64. The first-order valence-electron chi connectivity index (χ1n) is 5.59. The van der Waals surface area contributed by atoms with Crippen molar-refractivity contribution in [2.75, 3.05) is 6.79 Å². The fourth-order valence-corrected chi connectivity index (χ4v) is 1.83. The molecule has 0 aliphatic carbocycles. The summed E-state index contributed by atoms with van der Waals surface area (Å²) in [7, 11) is 0. The molecule has 1 aliphatic rings. The lowest BCUT2D eigenvalue weighted by Gasteiger charge is -2.22. The maximum Gasteiger partial charge on any atom is 0.404 e. The number of aliphatic hydroxyl groups excluding tert-OH is 1. The van der Waals surface area contributed by atoms with Crippen molar-refractivity contribution < 1.29 is 24.5 Å². The number of ether oxygens (including phenoxy) is 2. The Morgan fingerprint density at radius 2 is 2.28 bits per heavy atom. The molecule has 0 unspecified atom stereocenters. The summed E-state index contributed by atoms with van der Waals surface area (Å²) in [6, 6.07) is 4.66. The third-order valence-corrected chi connectivity index (χ3v) is 2.81. The second-order valence-electron chi connectivity index (χ2n) is 4.16. The van der Waals surface area contributed by atoms with Gasteiger partial charge in [-0.1, -0.05) is 12.1 Å². The second kappa shape index (κ2) is 5.24. The Morgan fingerprint density at radius 1 is 1.50 bits per heavy atom. The van der Waals surface area contributed by atoms with Crippen molar-refractivity contribution in [3.05, 3.63) is 29.3 Å². The summed E-state index contributed by atoms with van der Waals surface area (Å²) in [4.78, 5) is 10.5. The Bertz CT molecular complexity index is 448. The zero-order valence-corrected chi connectivity index (χ0v) is 9.92. The average molecular weight is 253 g/mol. The van der Waals surface area contributed by atoms with E-state index in [1.807, 2.05) is 0 Å². The van der Waals surface area contributed by atoms with Crippen LogP contribution in [-0.2, 0) is 11.3 Å². The maximum absolute atomic E-state index is 10.5. The van der Waals surface area contributed by atoms with Gasteiger partial charge in [-0.25, -0.2) is 4.79 Å². The molecule has 1 aliphatic heterocycles. The summed E-state index contributed by atoms with van der Waals surface area (Å²) < 4.78 is 10.4. The van der Waals surface area contributed by atoms with E-state index in [1.54, 1.807) is 25.1 Å². The predicted molar refractivity (Wildman–Crippen MR) is 62.3 cm³/mol. The molecule has 2 atom stereocenters. The third-order valence-electron chi connectivity index (χ3n) is 2.81. The molecule has 2 rings (SSSR count). The van der Waals surface area contributed by atoms with Crippen LogP contribution in [0.1, 0.15) is 24.2 Å². The zero-order valence-electron chi connectivity index (χ0n) is 9.92. The van der Waals surface area contributed by atoms with Crippen LogP contribution in [0.3, 0.4) is 0 Å². The lowest BCUT2D eigenvalue weighted by molar-refractivity contribution is -0.0166. The quantitative estimate of drug-likeness (QED) is 0.754. The van der Waals surface area contributed by atoms with Crippen molar-refractivity contribution >= 4 is 6.09 Å². The molecule has 0 aromatic heterocycles. The molecule has 0 spiro atoms. The van der Waals surface area contributed by atoms with Crippen molar-refractivity contribution in [3.8, 4) is 5.75 Å². The van der Waals surface area contributed by atoms with Gasteiger partial charge < -0.3 is 25.0 Å². The third kappa shape index (κ3) is 2.72. The summed E-state index contributed by atoms with van der Waals surface area (Å²) in [6.07, 6.45) is -2.08. The van der Waals surface area contributed by atoms with Crippen molar-refractivity contribution in [3.63, 3.8) is 0 Å². The Morgan fingerprint density at radius 3 is 3.00 bits per heavy atom. The molecule has 6 heteroatoms. The molecule has 3 N–H and O–H groups in total. The number of benzene rings is 1. The van der Waals surface area contributed by atoms with Gasteiger partial charge in [0.2, 0.25) is 0 Å². The highest BCUT2D eigenvalue weighted by Gasteiger charge is 2.20. The van der Waals surface area contributed by atoms with Gasteiger partial charge in [0.25, 0.3) is 0 Å². The van der Waals surface area contributed by atoms with Gasteiger partial charge in [-0.15, -0.1) is 0 Å². The number of rotatable bonds is 3. The maximum atomic E-state index is 10.5. The molecule has 1 aromatic carbocycles. The molecule has 1 amide bonds. The smallest absolute Gasteiger partial charge is 0.404 e. The Hall–Kier alpha value is -1.79. The van der Waals surface area contributed by atoms with E-state index in [1.165, 1.54) is 0 Å². The fraction of sp³-hybridized carbons (Fsp3) is 0.417. The van der Waals surface area contributed by atoms with E-state index >= 15 is 0 Å². The number of hydrogen-bond acceptors (Lipinski definition) is 4. The van der Waals surface area contributed by atoms with Gasteiger partial charge in [-0.2, -0.15) is 0 Å². The van der Waals surface area contributed by atoms with Crippen LogP contribution in [0.25, 0.3) is 0 Å². The lowest BCUT2D eigenvalue weighted by atomic mass is 10.0. The summed E-state index contributed by atoms with van der Waals surface area (Å²) in [5.74, 6) is 0.667. The number of carbonyl (C=O) groups is 1. The molecule has 98 valence electrons. The molecule has 0 bridgehead atoms. The van der Waals surface area contributed by atoms with Gasteiger partial charge in [-0.05, 0) is 18.6 Å². The zero-order chi connectivity index (χ0) is 13.1. The van der Waals surface area contributed by atoms with Crippen LogP contribution in [0.5, 0.6) is 5.75 Å². The van der Waals surface area contributed by atoms with Gasteiger partial charge in [0.1, 0.15) is 5.75 Å². The summed E-state index contributed by atoms with van der Waals surface area (Å²) >= 11 is 0. The van der Waals surface area contributed by atoms with E-state index in [0.29, 0.717) is 17.9 Å². The molecule has 0 saturated carbocycles. The fourth-order valence-electron chi connectivity index (χ4n) is 1.83. The Balaban J connectivity index is 2.15. The number of hydrogen-bond donors (Lipinski definition) is 3. The first kappa shape index (κ1) is 12.7. The van der Waals surface area contributed by atoms with Gasteiger partial charge in [0, 0.05) is 5.56 Å². The van der Waals surface area contributed by atoms with Crippen molar-refractivity contribution in [2.45, 2.75) is 25.7 Å². The number of amides is 1. The number of fused-ring (bicyclic) bond motifs is 1. The van der Waals surface area contributed by atoms with E-state index in [9.17, 15) is 9.90 Å². The van der Waals surface area contributed by atoms with Crippen LogP contribution in [0, 0.1) is 0 Å². The van der Waals surface area contributed by atoms with E-state index in [2.05, 4.69) is 5.32 Å². The van der Waals surface area contributed by atoms with E-state index in [4.69, 9.17) is 14.6 Å². The topological polar surface area (TPSA) is 88.0 Å². The highest BCUT2D eigenvalue weighted by Crippen LogP contribution is 2.28.